The van der Waals surface area contributed by atoms with Gasteiger partial charge >= 0.3 is 0 Å². The lowest BCUT2D eigenvalue weighted by Gasteiger charge is -2.55. The number of amidine groups is 1. The van der Waals surface area contributed by atoms with Crippen molar-refractivity contribution < 1.29 is 4.79 Å². The van der Waals surface area contributed by atoms with E-state index in [1.165, 1.54) is 62.1 Å². The molecule has 1 N–H and O–H groups in total. The Morgan fingerprint density at radius 3 is 2.33 bits per heavy atom. The summed E-state index contributed by atoms with van der Waals surface area (Å²) in [6.45, 7) is 6.72. The fourth-order valence-electron chi connectivity index (χ4n) is 7.34. The zero-order chi connectivity index (χ0) is 23.0. The van der Waals surface area contributed by atoms with E-state index in [-0.39, 0.29) is 17.5 Å². The van der Waals surface area contributed by atoms with Gasteiger partial charge in [-0.05, 0) is 101 Å². The Kier molecular flexibility index (Phi) is 6.79. The van der Waals surface area contributed by atoms with Crippen molar-refractivity contribution in [1.82, 2.24) is 4.90 Å². The number of benzene rings is 1. The van der Waals surface area contributed by atoms with E-state index in [0.29, 0.717) is 12.5 Å². The molecule has 4 aliphatic carbocycles. The molecule has 5 aliphatic rings. The summed E-state index contributed by atoms with van der Waals surface area (Å²) in [7, 11) is 0. The molecule has 1 aromatic carbocycles. The average Bonchev–Trinajstić information content (AvgIpc) is 3.13. The van der Waals surface area contributed by atoms with Crippen LogP contribution in [-0.2, 0) is 11.2 Å². The molecule has 1 aliphatic heterocycles. The van der Waals surface area contributed by atoms with Crippen LogP contribution in [-0.4, -0.2) is 39.4 Å². The van der Waals surface area contributed by atoms with E-state index in [9.17, 15) is 4.79 Å². The number of anilines is 1. The first-order valence-corrected chi connectivity index (χ1v) is 14.3. The van der Waals surface area contributed by atoms with Gasteiger partial charge in [0.15, 0.2) is 5.17 Å². The average molecular weight is 468 g/mol. The van der Waals surface area contributed by atoms with Gasteiger partial charge in [-0.1, -0.05) is 37.2 Å². The Morgan fingerprint density at radius 2 is 1.76 bits per heavy atom. The lowest BCUT2D eigenvalue weighted by Crippen LogP contribution is -2.50. The Morgan fingerprint density at radius 1 is 1.12 bits per heavy atom. The van der Waals surface area contributed by atoms with Crippen LogP contribution < -0.4 is 5.32 Å². The summed E-state index contributed by atoms with van der Waals surface area (Å²) < 4.78 is 0. The van der Waals surface area contributed by atoms with Gasteiger partial charge in [-0.3, -0.25) is 9.79 Å². The molecular weight excluding hydrogens is 426 g/mol. The largest absolute Gasteiger partial charge is 0.345 e. The molecular formula is C28H41N3OS. The van der Waals surface area contributed by atoms with Gasteiger partial charge in [-0.25, -0.2) is 0 Å². The quantitative estimate of drug-likeness (QED) is 0.474. The highest BCUT2D eigenvalue weighted by Crippen LogP contribution is 2.57. The number of nitrogens with zero attached hydrogens (tertiary/aromatic N) is 2. The molecule has 0 aromatic heterocycles. The summed E-state index contributed by atoms with van der Waals surface area (Å²) in [5, 5.41) is 4.35. The number of amides is 1. The fourth-order valence-corrected chi connectivity index (χ4v) is 8.73. The van der Waals surface area contributed by atoms with Gasteiger partial charge in [0.2, 0.25) is 5.91 Å². The number of carbonyl (C=O) groups excluding carboxylic acids is 1. The first-order valence-electron chi connectivity index (χ1n) is 13.3. The van der Waals surface area contributed by atoms with Crippen molar-refractivity contribution in [3.05, 3.63) is 29.8 Å². The predicted molar refractivity (Wildman–Crippen MR) is 140 cm³/mol. The van der Waals surface area contributed by atoms with Gasteiger partial charge < -0.3 is 10.2 Å². The lowest BCUT2D eigenvalue weighted by molar-refractivity contribution is -0.117. The minimum atomic E-state index is 0.114. The summed E-state index contributed by atoms with van der Waals surface area (Å²) in [6.07, 6.45) is 12.3. The lowest BCUT2D eigenvalue weighted by atomic mass is 9.53. The van der Waals surface area contributed by atoms with Crippen molar-refractivity contribution in [2.75, 3.05) is 11.1 Å². The molecule has 5 fully saturated rings. The zero-order valence-corrected chi connectivity index (χ0v) is 21.5. The number of aryl methyl sites for hydroxylation is 1. The molecule has 1 unspecified atom stereocenters. The van der Waals surface area contributed by atoms with Gasteiger partial charge in [0.05, 0.1) is 5.54 Å². The van der Waals surface area contributed by atoms with Gasteiger partial charge in [-0.15, -0.1) is 0 Å². The van der Waals surface area contributed by atoms with E-state index in [4.69, 9.17) is 4.99 Å². The number of unbranched alkanes of at least 4 members (excludes halogenated alkanes) is 1. The first-order chi connectivity index (χ1) is 15.9. The number of hydrogen-bond donors (Lipinski definition) is 1. The van der Waals surface area contributed by atoms with Crippen molar-refractivity contribution in [3.63, 3.8) is 0 Å². The molecule has 1 aromatic rings. The normalized spacial score (nSPS) is 33.9. The second kappa shape index (κ2) is 9.64. The number of carbonyl (C=O) groups is 1. The molecule has 1 atom stereocenters. The number of aliphatic imine (C=N–C) groups is 1. The highest BCUT2D eigenvalue weighted by Gasteiger charge is 2.51. The van der Waals surface area contributed by atoms with Crippen molar-refractivity contribution in [2.45, 2.75) is 103 Å². The maximum atomic E-state index is 12.9. The third-order valence-corrected chi connectivity index (χ3v) is 9.50. The molecule has 1 amide bonds. The van der Waals surface area contributed by atoms with Crippen LogP contribution >= 0.6 is 11.8 Å². The molecule has 0 spiro atoms. The molecule has 4 bridgehead atoms. The fraction of sp³-hybridized carbons (Fsp3) is 0.714. The van der Waals surface area contributed by atoms with E-state index in [0.717, 1.165) is 35.6 Å². The van der Waals surface area contributed by atoms with Crippen molar-refractivity contribution in [3.8, 4) is 0 Å². The molecule has 5 heteroatoms. The Balaban J connectivity index is 1.23. The standard InChI is InChI=1S/C28H41N3OS/c1-4-5-6-20-7-9-24(10-8-20)29-26(32)14-25-18-33-27(31(25)19(2)3)30-28-15-21-11-22(16-28)13-23(12-21)17-28/h7-10,19,21-23,25H,4-6,11-18H2,1-3H3,(H,29,32). The number of nitrogens with one attached hydrogen (secondary N) is 1. The third kappa shape index (κ3) is 5.13. The SMILES string of the molecule is CCCCc1ccc(NC(=O)CC2CSC(=NC34CC5CC(CC(C5)C3)C4)N2C(C)C)cc1. The summed E-state index contributed by atoms with van der Waals surface area (Å²) >= 11 is 1.89. The molecule has 1 heterocycles. The molecule has 33 heavy (non-hydrogen) atoms. The predicted octanol–water partition coefficient (Wildman–Crippen LogP) is 6.51. The highest BCUT2D eigenvalue weighted by atomic mass is 32.2. The first kappa shape index (κ1) is 23.3. The van der Waals surface area contributed by atoms with Crippen molar-refractivity contribution in [1.29, 1.82) is 0 Å². The minimum absolute atomic E-state index is 0.114. The summed E-state index contributed by atoms with van der Waals surface area (Å²) in [5.41, 5.74) is 2.45. The summed E-state index contributed by atoms with van der Waals surface area (Å²) in [4.78, 5) is 20.9. The van der Waals surface area contributed by atoms with Gasteiger partial charge in [0.25, 0.3) is 0 Å². The monoisotopic (exact) mass is 467 g/mol. The highest BCUT2D eigenvalue weighted by molar-refractivity contribution is 8.14. The van der Waals surface area contributed by atoms with Crippen molar-refractivity contribution >= 4 is 28.5 Å². The second-order valence-electron chi connectivity index (χ2n) is 11.6. The zero-order valence-electron chi connectivity index (χ0n) is 20.7. The second-order valence-corrected chi connectivity index (χ2v) is 12.5. The summed E-state index contributed by atoms with van der Waals surface area (Å²) in [6, 6.07) is 8.98. The molecule has 180 valence electrons. The van der Waals surface area contributed by atoms with E-state index in [1.807, 2.05) is 23.9 Å². The van der Waals surface area contributed by atoms with Crippen LogP contribution in [0, 0.1) is 17.8 Å². The van der Waals surface area contributed by atoms with Crippen LogP contribution in [0.15, 0.2) is 29.3 Å². The van der Waals surface area contributed by atoms with Gasteiger partial charge in [0.1, 0.15) is 0 Å². The molecule has 0 radical (unpaired) electrons. The molecule has 1 saturated heterocycles. The van der Waals surface area contributed by atoms with Crippen LogP contribution in [0.4, 0.5) is 5.69 Å². The number of rotatable bonds is 8. The Labute approximate surface area is 204 Å². The van der Waals surface area contributed by atoms with Crippen LogP contribution in [0.25, 0.3) is 0 Å². The van der Waals surface area contributed by atoms with Gasteiger partial charge in [-0.2, -0.15) is 0 Å². The van der Waals surface area contributed by atoms with Crippen LogP contribution in [0.2, 0.25) is 0 Å². The maximum absolute atomic E-state index is 12.9. The minimum Gasteiger partial charge on any atom is -0.345 e. The van der Waals surface area contributed by atoms with Crippen LogP contribution in [0.3, 0.4) is 0 Å². The Bertz CT molecular complexity index is 842. The maximum Gasteiger partial charge on any atom is 0.226 e. The van der Waals surface area contributed by atoms with Gasteiger partial charge in [0, 0.05) is 29.9 Å². The smallest absolute Gasteiger partial charge is 0.226 e. The molecule has 6 rings (SSSR count). The van der Waals surface area contributed by atoms with E-state index in [1.54, 1.807) is 0 Å². The topological polar surface area (TPSA) is 44.7 Å². The van der Waals surface area contributed by atoms with Crippen LogP contribution in [0.5, 0.6) is 0 Å². The summed E-state index contributed by atoms with van der Waals surface area (Å²) in [5.74, 6) is 3.81. The molecule has 4 nitrogen and oxygen atoms in total. The van der Waals surface area contributed by atoms with E-state index < -0.39 is 0 Å². The molecule has 4 saturated carbocycles. The van der Waals surface area contributed by atoms with Crippen LogP contribution in [0.1, 0.15) is 84.1 Å². The third-order valence-electron chi connectivity index (χ3n) is 8.39. The number of hydrogen-bond acceptors (Lipinski definition) is 3. The van der Waals surface area contributed by atoms with E-state index in [2.05, 4.69) is 43.1 Å². The van der Waals surface area contributed by atoms with Crippen molar-refractivity contribution in [2.24, 2.45) is 22.7 Å². The number of thioether (sulfide) groups is 1. The van der Waals surface area contributed by atoms with E-state index >= 15 is 0 Å². The Hall–Kier alpha value is -1.49.